The number of hydrogen-bond acceptors (Lipinski definition) is 8. The molecule has 0 saturated carbocycles. The van der Waals surface area contributed by atoms with Crippen LogP contribution in [0.15, 0.2) is 36.5 Å². The molecular formula is C48H89NO8. The SMILES string of the molecule is CCCCCCCC/C=C\CCCCCCCCCC(=O)NC(COC1OC(CO)C(O)C(O)C1O)C(O)/C=C/CC/C=C/CCCCCCCCCCCCC. The first kappa shape index (κ1) is 53.4. The van der Waals surface area contributed by atoms with Gasteiger partial charge in [-0.3, -0.25) is 4.79 Å². The van der Waals surface area contributed by atoms with Crippen molar-refractivity contribution in [2.24, 2.45) is 0 Å². The average Bonchev–Trinajstić information content (AvgIpc) is 3.21. The first-order valence-corrected chi connectivity index (χ1v) is 23.7. The summed E-state index contributed by atoms with van der Waals surface area (Å²) in [7, 11) is 0. The monoisotopic (exact) mass is 808 g/mol. The maximum atomic E-state index is 13.0. The number of amides is 1. The zero-order chi connectivity index (χ0) is 41.6. The summed E-state index contributed by atoms with van der Waals surface area (Å²) < 4.78 is 11.2. The van der Waals surface area contributed by atoms with Gasteiger partial charge in [-0.15, -0.1) is 0 Å². The summed E-state index contributed by atoms with van der Waals surface area (Å²) in [4.78, 5) is 13.0. The predicted molar refractivity (Wildman–Crippen MR) is 235 cm³/mol. The highest BCUT2D eigenvalue weighted by molar-refractivity contribution is 5.76. The van der Waals surface area contributed by atoms with Crippen LogP contribution in [0.4, 0.5) is 0 Å². The molecule has 334 valence electrons. The molecule has 1 saturated heterocycles. The van der Waals surface area contributed by atoms with E-state index in [0.717, 1.165) is 51.4 Å². The molecule has 7 atom stereocenters. The largest absolute Gasteiger partial charge is 0.394 e. The van der Waals surface area contributed by atoms with Gasteiger partial charge in [-0.2, -0.15) is 0 Å². The molecule has 0 aromatic carbocycles. The van der Waals surface area contributed by atoms with Gasteiger partial charge in [-0.1, -0.05) is 179 Å². The summed E-state index contributed by atoms with van der Waals surface area (Å²) in [6.45, 7) is 3.75. The third-order valence-electron chi connectivity index (χ3n) is 11.2. The average molecular weight is 808 g/mol. The zero-order valence-corrected chi connectivity index (χ0v) is 36.6. The van der Waals surface area contributed by atoms with Gasteiger partial charge in [0.2, 0.25) is 5.91 Å². The van der Waals surface area contributed by atoms with E-state index in [1.54, 1.807) is 6.08 Å². The van der Waals surface area contributed by atoms with E-state index in [2.05, 4.69) is 43.5 Å². The Labute approximate surface area is 349 Å². The van der Waals surface area contributed by atoms with Crippen LogP contribution in [0.25, 0.3) is 0 Å². The Morgan fingerprint density at radius 1 is 0.579 bits per heavy atom. The Kier molecular flexibility index (Phi) is 36.2. The van der Waals surface area contributed by atoms with Crippen LogP contribution in [0, 0.1) is 0 Å². The van der Waals surface area contributed by atoms with E-state index < -0.39 is 49.5 Å². The Morgan fingerprint density at radius 2 is 1.00 bits per heavy atom. The normalized spacial score (nSPS) is 21.3. The number of hydrogen-bond donors (Lipinski definition) is 6. The van der Waals surface area contributed by atoms with Gasteiger partial charge in [-0.25, -0.2) is 0 Å². The molecule has 57 heavy (non-hydrogen) atoms. The lowest BCUT2D eigenvalue weighted by atomic mass is 9.99. The van der Waals surface area contributed by atoms with E-state index in [9.17, 15) is 30.3 Å². The first-order chi connectivity index (χ1) is 27.8. The van der Waals surface area contributed by atoms with E-state index >= 15 is 0 Å². The van der Waals surface area contributed by atoms with Gasteiger partial charge in [-0.05, 0) is 57.8 Å². The number of aliphatic hydroxyl groups is 5. The van der Waals surface area contributed by atoms with Crippen molar-refractivity contribution in [1.29, 1.82) is 0 Å². The van der Waals surface area contributed by atoms with Crippen LogP contribution in [-0.4, -0.2) is 87.5 Å². The summed E-state index contributed by atoms with van der Waals surface area (Å²) in [6, 6.07) is -0.822. The third-order valence-corrected chi connectivity index (χ3v) is 11.2. The lowest BCUT2D eigenvalue weighted by Crippen LogP contribution is -2.60. The molecule has 1 heterocycles. The highest BCUT2D eigenvalue weighted by Gasteiger charge is 2.44. The number of carbonyl (C=O) groups excluding carboxylic acids is 1. The van der Waals surface area contributed by atoms with E-state index in [-0.39, 0.29) is 12.5 Å². The van der Waals surface area contributed by atoms with Crippen LogP contribution < -0.4 is 5.32 Å². The van der Waals surface area contributed by atoms with E-state index in [1.165, 1.54) is 135 Å². The second-order valence-electron chi connectivity index (χ2n) is 16.5. The van der Waals surface area contributed by atoms with Crippen molar-refractivity contribution in [3.05, 3.63) is 36.5 Å². The van der Waals surface area contributed by atoms with Gasteiger partial charge in [0.25, 0.3) is 0 Å². The van der Waals surface area contributed by atoms with E-state index in [4.69, 9.17) is 9.47 Å². The predicted octanol–water partition coefficient (Wildman–Crippen LogP) is 10.1. The molecule has 1 aliphatic heterocycles. The highest BCUT2D eigenvalue weighted by Crippen LogP contribution is 2.22. The molecule has 0 bridgehead atoms. The first-order valence-electron chi connectivity index (χ1n) is 23.7. The lowest BCUT2D eigenvalue weighted by molar-refractivity contribution is -0.302. The standard InChI is InChI=1S/C48H89NO8/c1-3-5-7-9-11-13-15-17-19-21-23-25-27-29-31-33-35-37-42(51)41(40-56-48-47(55)46(54)45(53)43(39-50)57-48)49-44(52)38-36-34-32-30-28-26-24-22-20-18-16-14-12-10-8-6-4-2/h18,20,27,29,35,37,41-43,45-48,50-51,53-55H,3-17,19,21-26,28,30-34,36,38-40H2,1-2H3,(H,49,52)/b20-18-,29-27+,37-35+. The Bertz CT molecular complexity index is 987. The van der Waals surface area contributed by atoms with Crippen LogP contribution in [0.2, 0.25) is 0 Å². The topological polar surface area (TPSA) is 149 Å². The molecular weight excluding hydrogens is 719 g/mol. The van der Waals surface area contributed by atoms with Crippen LogP contribution >= 0.6 is 0 Å². The number of ether oxygens (including phenoxy) is 2. The van der Waals surface area contributed by atoms with Crippen molar-refractivity contribution in [3.63, 3.8) is 0 Å². The van der Waals surface area contributed by atoms with Gasteiger partial charge in [0.1, 0.15) is 24.4 Å². The quantitative estimate of drug-likeness (QED) is 0.0266. The van der Waals surface area contributed by atoms with Crippen molar-refractivity contribution >= 4 is 5.91 Å². The molecule has 0 aromatic rings. The molecule has 1 fully saturated rings. The summed E-state index contributed by atoms with van der Waals surface area (Å²) in [5, 5.41) is 54.2. The minimum absolute atomic E-state index is 0.192. The van der Waals surface area contributed by atoms with Crippen LogP contribution in [-0.2, 0) is 14.3 Å². The number of unbranched alkanes of at least 4 members (excludes halogenated alkanes) is 25. The Hall–Kier alpha value is -1.59. The number of rotatable bonds is 39. The molecule has 7 unspecified atom stereocenters. The molecule has 0 radical (unpaired) electrons. The third kappa shape index (κ3) is 29.3. The Morgan fingerprint density at radius 3 is 1.47 bits per heavy atom. The number of carbonyl (C=O) groups is 1. The zero-order valence-electron chi connectivity index (χ0n) is 36.6. The fraction of sp³-hybridized carbons (Fsp3) is 0.854. The van der Waals surface area contributed by atoms with Crippen LogP contribution in [0.5, 0.6) is 0 Å². The van der Waals surface area contributed by atoms with E-state index in [0.29, 0.717) is 6.42 Å². The molecule has 9 nitrogen and oxygen atoms in total. The van der Waals surface area contributed by atoms with Crippen molar-refractivity contribution in [3.8, 4) is 0 Å². The summed E-state index contributed by atoms with van der Waals surface area (Å²) in [5.74, 6) is -0.192. The van der Waals surface area contributed by atoms with Crippen molar-refractivity contribution in [2.75, 3.05) is 13.2 Å². The van der Waals surface area contributed by atoms with Gasteiger partial charge in [0, 0.05) is 6.42 Å². The van der Waals surface area contributed by atoms with Gasteiger partial charge in [0.15, 0.2) is 6.29 Å². The van der Waals surface area contributed by atoms with E-state index in [1.807, 2.05) is 6.08 Å². The van der Waals surface area contributed by atoms with Crippen LogP contribution in [0.1, 0.15) is 206 Å². The van der Waals surface area contributed by atoms with Gasteiger partial charge < -0.3 is 40.3 Å². The highest BCUT2D eigenvalue weighted by atomic mass is 16.7. The van der Waals surface area contributed by atoms with Crippen molar-refractivity contribution < 1.29 is 39.8 Å². The molecule has 0 aromatic heterocycles. The lowest BCUT2D eigenvalue weighted by Gasteiger charge is -2.40. The minimum atomic E-state index is -1.57. The molecule has 0 aliphatic carbocycles. The van der Waals surface area contributed by atoms with Crippen LogP contribution in [0.3, 0.4) is 0 Å². The molecule has 1 rings (SSSR count). The maximum absolute atomic E-state index is 13.0. The number of nitrogens with one attached hydrogen (secondary N) is 1. The molecule has 1 amide bonds. The fourth-order valence-electron chi connectivity index (χ4n) is 7.34. The summed E-state index contributed by atoms with van der Waals surface area (Å²) in [5.41, 5.74) is 0. The number of allylic oxidation sites excluding steroid dienone is 5. The Balaban J connectivity index is 2.37. The van der Waals surface area contributed by atoms with Crippen molar-refractivity contribution in [1.82, 2.24) is 5.32 Å². The smallest absolute Gasteiger partial charge is 0.220 e. The molecule has 0 spiro atoms. The second-order valence-corrected chi connectivity index (χ2v) is 16.5. The molecule has 1 aliphatic rings. The summed E-state index contributed by atoms with van der Waals surface area (Å²) in [6.07, 6.45) is 40.4. The molecule has 9 heteroatoms. The van der Waals surface area contributed by atoms with Gasteiger partial charge >= 0.3 is 0 Å². The second kappa shape index (κ2) is 38.6. The van der Waals surface area contributed by atoms with Gasteiger partial charge in [0.05, 0.1) is 25.4 Å². The molecule has 6 N–H and O–H groups in total. The fourth-order valence-corrected chi connectivity index (χ4v) is 7.34. The number of aliphatic hydroxyl groups excluding tert-OH is 5. The minimum Gasteiger partial charge on any atom is -0.394 e. The summed E-state index contributed by atoms with van der Waals surface area (Å²) >= 11 is 0. The maximum Gasteiger partial charge on any atom is 0.220 e. The van der Waals surface area contributed by atoms with Crippen molar-refractivity contribution in [2.45, 2.75) is 249 Å².